The summed E-state index contributed by atoms with van der Waals surface area (Å²) in [6.45, 7) is 0.367. The minimum absolute atomic E-state index is 0.0431. The number of rotatable bonds is 15. The second kappa shape index (κ2) is 16.7. The molecule has 0 bridgehead atoms. The van der Waals surface area contributed by atoms with Crippen molar-refractivity contribution in [2.45, 2.75) is 38.1 Å². The van der Waals surface area contributed by atoms with Crippen LogP contribution in [0, 0.1) is 0 Å². The Morgan fingerprint density at radius 1 is 0.886 bits per heavy atom. The first-order chi connectivity index (χ1) is 20.8. The van der Waals surface area contributed by atoms with Crippen LogP contribution in [0.2, 0.25) is 20.1 Å². The first-order valence-corrected chi connectivity index (χ1v) is 15.4. The van der Waals surface area contributed by atoms with Gasteiger partial charge in [0.15, 0.2) is 5.96 Å². The molecule has 1 heterocycles. The molecule has 0 saturated carbocycles. The molecule has 1 aliphatic rings. The normalized spacial score (nSPS) is 15.0. The summed E-state index contributed by atoms with van der Waals surface area (Å²) >= 11 is 24.7. The number of nitrogens with zero attached hydrogens (tertiary/aromatic N) is 4. The molecule has 44 heavy (non-hydrogen) atoms. The molecule has 11 nitrogen and oxygen atoms in total. The maximum atomic E-state index is 13.8. The fourth-order valence-electron chi connectivity index (χ4n) is 4.86. The van der Waals surface area contributed by atoms with Crippen molar-refractivity contribution in [3.8, 4) is 0 Å². The number of benzene rings is 2. The molecule has 0 aromatic heterocycles. The van der Waals surface area contributed by atoms with Gasteiger partial charge in [0.2, 0.25) is 23.6 Å². The van der Waals surface area contributed by atoms with Gasteiger partial charge < -0.3 is 31.9 Å². The van der Waals surface area contributed by atoms with E-state index in [0.717, 1.165) is 11.1 Å². The molecule has 2 aromatic rings. The van der Waals surface area contributed by atoms with Gasteiger partial charge in [0.25, 0.3) is 0 Å². The summed E-state index contributed by atoms with van der Waals surface area (Å²) in [5.74, 6) is -1.96. The van der Waals surface area contributed by atoms with Gasteiger partial charge in [-0.15, -0.1) is 0 Å². The molecule has 1 saturated heterocycles. The van der Waals surface area contributed by atoms with Crippen molar-refractivity contribution in [1.82, 2.24) is 14.7 Å². The van der Waals surface area contributed by atoms with Crippen molar-refractivity contribution in [2.75, 3.05) is 39.3 Å². The Balaban J connectivity index is 1.80. The van der Waals surface area contributed by atoms with Crippen LogP contribution < -0.4 is 17.2 Å². The van der Waals surface area contributed by atoms with Crippen LogP contribution in [-0.4, -0.2) is 89.6 Å². The summed E-state index contributed by atoms with van der Waals surface area (Å²) < 4.78 is 0. The summed E-state index contributed by atoms with van der Waals surface area (Å²) in [7, 11) is 0. The lowest BCUT2D eigenvalue weighted by Crippen LogP contribution is -2.61. The van der Waals surface area contributed by atoms with Crippen molar-refractivity contribution in [2.24, 2.45) is 22.2 Å². The fourth-order valence-corrected chi connectivity index (χ4v) is 5.87. The van der Waals surface area contributed by atoms with Crippen LogP contribution in [0.4, 0.5) is 0 Å². The van der Waals surface area contributed by atoms with Gasteiger partial charge in [-0.05, 0) is 61.1 Å². The molecule has 15 heteroatoms. The SMILES string of the molecule is NC(=O)CN(CCCCN=C(N)N)C(=O)CC1C(=O)N(CCc2ccc(Cl)cc2Cl)CC(=O)N1CCc1ccc(Cl)cc1Cl. The van der Waals surface area contributed by atoms with Crippen molar-refractivity contribution >= 4 is 76.0 Å². The lowest BCUT2D eigenvalue weighted by molar-refractivity contribution is -0.158. The smallest absolute Gasteiger partial charge is 0.246 e. The van der Waals surface area contributed by atoms with Crippen LogP contribution in [0.1, 0.15) is 30.4 Å². The molecule has 3 rings (SSSR count). The molecular formula is C29H35Cl4N7O4. The van der Waals surface area contributed by atoms with E-state index in [0.29, 0.717) is 52.3 Å². The van der Waals surface area contributed by atoms with E-state index in [1.54, 1.807) is 36.4 Å². The molecule has 0 aliphatic carbocycles. The van der Waals surface area contributed by atoms with Gasteiger partial charge in [0, 0.05) is 46.3 Å². The fraction of sp³-hybridized carbons (Fsp3) is 0.414. The molecule has 1 unspecified atom stereocenters. The van der Waals surface area contributed by atoms with Crippen molar-refractivity contribution in [3.63, 3.8) is 0 Å². The number of hydrogen-bond donors (Lipinski definition) is 3. The average molecular weight is 687 g/mol. The molecule has 6 N–H and O–H groups in total. The number of unbranched alkanes of at least 4 members (excludes halogenated alkanes) is 1. The number of amides is 4. The first kappa shape index (κ1) is 35.2. The Morgan fingerprint density at radius 3 is 2.02 bits per heavy atom. The quantitative estimate of drug-likeness (QED) is 0.148. The molecule has 0 radical (unpaired) electrons. The Kier molecular flexibility index (Phi) is 13.4. The summed E-state index contributed by atoms with van der Waals surface area (Å²) in [6.07, 6.45) is 1.41. The topological polar surface area (TPSA) is 168 Å². The van der Waals surface area contributed by atoms with E-state index < -0.39 is 23.8 Å². The summed E-state index contributed by atoms with van der Waals surface area (Å²) in [6, 6.07) is 9.00. The number of nitrogens with two attached hydrogens (primary N) is 3. The maximum absolute atomic E-state index is 13.8. The number of guanidine groups is 1. The van der Waals surface area contributed by atoms with Gasteiger partial charge in [-0.25, -0.2) is 0 Å². The van der Waals surface area contributed by atoms with E-state index in [9.17, 15) is 19.2 Å². The van der Waals surface area contributed by atoms with Crippen molar-refractivity contribution in [3.05, 3.63) is 67.6 Å². The highest BCUT2D eigenvalue weighted by molar-refractivity contribution is 6.35. The Hall–Kier alpha value is -3.25. The molecule has 4 amide bonds. The first-order valence-electron chi connectivity index (χ1n) is 13.9. The van der Waals surface area contributed by atoms with Crippen molar-refractivity contribution < 1.29 is 19.2 Å². The van der Waals surface area contributed by atoms with E-state index in [2.05, 4.69) is 4.99 Å². The Labute approximate surface area is 276 Å². The Bertz CT molecular complexity index is 1400. The summed E-state index contributed by atoms with van der Waals surface area (Å²) in [5, 5.41) is 1.82. The lowest BCUT2D eigenvalue weighted by Gasteiger charge is -2.41. The van der Waals surface area contributed by atoms with Gasteiger partial charge >= 0.3 is 0 Å². The van der Waals surface area contributed by atoms with Crippen LogP contribution in [0.5, 0.6) is 0 Å². The number of carbonyl (C=O) groups is 4. The predicted molar refractivity (Wildman–Crippen MR) is 173 cm³/mol. The molecule has 1 atom stereocenters. The Morgan fingerprint density at radius 2 is 1.48 bits per heavy atom. The second-order valence-corrected chi connectivity index (χ2v) is 12.0. The lowest BCUT2D eigenvalue weighted by atomic mass is 10.0. The van der Waals surface area contributed by atoms with E-state index in [-0.39, 0.29) is 51.0 Å². The summed E-state index contributed by atoms with van der Waals surface area (Å²) in [4.78, 5) is 60.7. The molecule has 0 spiro atoms. The zero-order valence-corrected chi connectivity index (χ0v) is 27.0. The zero-order valence-electron chi connectivity index (χ0n) is 24.0. The van der Waals surface area contributed by atoms with Gasteiger partial charge in [0.05, 0.1) is 19.5 Å². The van der Waals surface area contributed by atoms with E-state index >= 15 is 0 Å². The highest BCUT2D eigenvalue weighted by atomic mass is 35.5. The van der Waals surface area contributed by atoms with Crippen molar-refractivity contribution in [1.29, 1.82) is 0 Å². The second-order valence-electron chi connectivity index (χ2n) is 10.3. The van der Waals surface area contributed by atoms with E-state index in [1.807, 2.05) is 0 Å². The highest BCUT2D eigenvalue weighted by Crippen LogP contribution is 2.25. The number of aliphatic imine (C=N–C) groups is 1. The minimum Gasteiger partial charge on any atom is -0.370 e. The third-order valence-corrected chi connectivity index (χ3v) is 8.29. The van der Waals surface area contributed by atoms with Crippen LogP contribution in [0.25, 0.3) is 0 Å². The highest BCUT2D eigenvalue weighted by Gasteiger charge is 2.41. The third-order valence-electron chi connectivity index (χ3n) is 7.12. The number of primary amides is 1. The largest absolute Gasteiger partial charge is 0.370 e. The maximum Gasteiger partial charge on any atom is 0.246 e. The van der Waals surface area contributed by atoms with Crippen LogP contribution in [-0.2, 0) is 32.0 Å². The standard InChI is InChI=1S/C29H35Cl4N7O4/c30-20-5-3-18(22(32)13-20)7-11-39-17-27(43)40(12-8-19-4-6-21(31)14-23(19)33)24(28(39)44)15-26(42)38(16-25(34)41)10-2-1-9-37-29(35)36/h3-6,13-14,24H,1-2,7-12,15-17H2,(H2,34,41)(H4,35,36,37). The van der Waals surface area contributed by atoms with Crippen LogP contribution >= 0.6 is 46.4 Å². The molecular weight excluding hydrogens is 652 g/mol. The molecule has 1 aliphatic heterocycles. The zero-order chi connectivity index (χ0) is 32.4. The number of carbonyl (C=O) groups excluding carboxylic acids is 4. The van der Waals surface area contributed by atoms with E-state index in [4.69, 9.17) is 63.6 Å². The number of halogens is 4. The number of hydrogen-bond acceptors (Lipinski definition) is 5. The monoisotopic (exact) mass is 685 g/mol. The van der Waals surface area contributed by atoms with Gasteiger partial charge in [0.1, 0.15) is 6.04 Å². The van der Waals surface area contributed by atoms with Gasteiger partial charge in [-0.2, -0.15) is 0 Å². The number of piperazine rings is 1. The van der Waals surface area contributed by atoms with Gasteiger partial charge in [-0.3, -0.25) is 24.2 Å². The predicted octanol–water partition coefficient (Wildman–Crippen LogP) is 2.88. The summed E-state index contributed by atoms with van der Waals surface area (Å²) in [5.41, 5.74) is 17.6. The third kappa shape index (κ3) is 10.4. The molecule has 238 valence electrons. The van der Waals surface area contributed by atoms with E-state index in [1.165, 1.54) is 14.7 Å². The molecule has 2 aromatic carbocycles. The minimum atomic E-state index is -1.10. The van der Waals surface area contributed by atoms with Crippen LogP contribution in [0.3, 0.4) is 0 Å². The van der Waals surface area contributed by atoms with Crippen LogP contribution in [0.15, 0.2) is 41.4 Å². The average Bonchev–Trinajstić information content (AvgIpc) is 2.94. The van der Waals surface area contributed by atoms with Gasteiger partial charge in [-0.1, -0.05) is 58.5 Å². The molecule has 1 fully saturated rings.